The van der Waals surface area contributed by atoms with Gasteiger partial charge in [-0.2, -0.15) is 0 Å². The van der Waals surface area contributed by atoms with Gasteiger partial charge in [0.2, 0.25) is 0 Å². The maximum absolute atomic E-state index is 13.6. The van der Waals surface area contributed by atoms with Crippen LogP contribution in [-0.2, 0) is 19.1 Å². The van der Waals surface area contributed by atoms with Crippen LogP contribution in [0.3, 0.4) is 0 Å². The van der Waals surface area contributed by atoms with Gasteiger partial charge in [-0.3, -0.25) is 4.79 Å². The first-order valence-corrected chi connectivity index (χ1v) is 8.27. The van der Waals surface area contributed by atoms with Crippen LogP contribution in [0.25, 0.3) is 0 Å². The summed E-state index contributed by atoms with van der Waals surface area (Å²) in [5.74, 6) is -1.63. The van der Waals surface area contributed by atoms with Crippen LogP contribution in [0.1, 0.15) is 18.4 Å². The van der Waals surface area contributed by atoms with E-state index < -0.39 is 23.8 Å². The summed E-state index contributed by atoms with van der Waals surface area (Å²) in [6, 6.07) is 4.50. The van der Waals surface area contributed by atoms with Crippen LogP contribution in [0.2, 0.25) is 0 Å². The Labute approximate surface area is 145 Å². The van der Waals surface area contributed by atoms with E-state index in [2.05, 4.69) is 21.2 Å². The summed E-state index contributed by atoms with van der Waals surface area (Å²) in [5.41, 5.74) is 2.84. The summed E-state index contributed by atoms with van der Waals surface area (Å²) < 4.78 is 24.5. The average molecular weight is 394 g/mol. The number of benzene rings is 1. The van der Waals surface area contributed by atoms with E-state index in [1.165, 1.54) is 6.07 Å². The number of carbonyl (C=O) groups is 2. The molecule has 0 saturated heterocycles. The van der Waals surface area contributed by atoms with Crippen molar-refractivity contribution in [2.75, 3.05) is 13.2 Å². The molecule has 1 aromatic carbocycles. The molecule has 3 heterocycles. The molecule has 0 aliphatic carbocycles. The van der Waals surface area contributed by atoms with Crippen LogP contribution in [0.4, 0.5) is 4.39 Å². The van der Waals surface area contributed by atoms with Crippen molar-refractivity contribution in [2.24, 2.45) is 0 Å². The Morgan fingerprint density at radius 3 is 2.79 bits per heavy atom. The van der Waals surface area contributed by atoms with Crippen LogP contribution < -0.4 is 5.32 Å². The number of hydrogen-bond acceptors (Lipinski definition) is 5. The molecule has 24 heavy (non-hydrogen) atoms. The second-order valence-electron chi connectivity index (χ2n) is 5.91. The summed E-state index contributed by atoms with van der Waals surface area (Å²) in [4.78, 5) is 24.8. The topological polar surface area (TPSA) is 64.6 Å². The summed E-state index contributed by atoms with van der Waals surface area (Å²) in [6.45, 7) is 1.99. The van der Waals surface area contributed by atoms with Crippen LogP contribution in [0.5, 0.6) is 0 Å². The molecule has 0 bridgehead atoms. The fraction of sp³-hybridized carbons (Fsp3) is 0.294. The molecule has 0 radical (unpaired) electrons. The first kappa shape index (κ1) is 15.5. The summed E-state index contributed by atoms with van der Waals surface area (Å²) in [6.07, 6.45) is -0.426. The van der Waals surface area contributed by atoms with Crippen molar-refractivity contribution in [2.45, 2.75) is 18.9 Å². The summed E-state index contributed by atoms with van der Waals surface area (Å²) >= 11 is 3.17. The lowest BCUT2D eigenvalue weighted by Gasteiger charge is -2.32. The molecule has 0 saturated carbocycles. The Morgan fingerprint density at radius 2 is 2.04 bits per heavy atom. The molecule has 1 N–H and O–H groups in total. The number of ether oxygens (including phenoxy) is 2. The van der Waals surface area contributed by atoms with Crippen LogP contribution in [0, 0.1) is 5.82 Å². The monoisotopic (exact) mass is 393 g/mol. The molecule has 0 amide bonds. The van der Waals surface area contributed by atoms with E-state index in [-0.39, 0.29) is 23.5 Å². The highest BCUT2D eigenvalue weighted by atomic mass is 79.9. The first-order valence-electron chi connectivity index (χ1n) is 7.48. The van der Waals surface area contributed by atoms with E-state index in [9.17, 15) is 14.0 Å². The Morgan fingerprint density at radius 1 is 1.25 bits per heavy atom. The zero-order chi connectivity index (χ0) is 17.0. The molecule has 0 spiro atoms. The number of halogens is 2. The highest BCUT2D eigenvalue weighted by molar-refractivity contribution is 9.10. The summed E-state index contributed by atoms with van der Waals surface area (Å²) in [5, 5.41) is 3.14. The van der Waals surface area contributed by atoms with E-state index in [1.807, 2.05) is 0 Å². The van der Waals surface area contributed by atoms with Crippen molar-refractivity contribution in [3.8, 4) is 0 Å². The van der Waals surface area contributed by atoms with Gasteiger partial charge in [0, 0.05) is 17.2 Å². The highest BCUT2D eigenvalue weighted by Crippen LogP contribution is 2.44. The number of rotatable bonds is 1. The van der Waals surface area contributed by atoms with Gasteiger partial charge in [-0.05, 0) is 40.5 Å². The molecule has 2 atom stereocenters. The van der Waals surface area contributed by atoms with Gasteiger partial charge in [-0.1, -0.05) is 6.07 Å². The van der Waals surface area contributed by atoms with Gasteiger partial charge in [-0.15, -0.1) is 0 Å². The number of esters is 1. The predicted octanol–water partition coefficient (Wildman–Crippen LogP) is 2.33. The van der Waals surface area contributed by atoms with Crippen molar-refractivity contribution in [3.05, 3.63) is 56.6 Å². The van der Waals surface area contributed by atoms with Crippen LogP contribution >= 0.6 is 15.9 Å². The lowest BCUT2D eigenvalue weighted by molar-refractivity contribution is -0.139. The number of ketones is 1. The predicted molar refractivity (Wildman–Crippen MR) is 85.4 cm³/mol. The number of hydrogen-bond donors (Lipinski definition) is 1. The number of cyclic esters (lactones) is 1. The average Bonchev–Trinajstić information content (AvgIpc) is 2.83. The van der Waals surface area contributed by atoms with Crippen LogP contribution in [0.15, 0.2) is 45.2 Å². The minimum atomic E-state index is -0.581. The van der Waals surface area contributed by atoms with Gasteiger partial charge in [0.05, 0.1) is 22.3 Å². The largest absolute Gasteiger partial charge is 0.453 e. The number of Topliss-reactive ketones (excluding diaryl/α,β-unsaturated/α-hetero) is 1. The molecule has 0 aromatic heterocycles. The molecule has 4 rings (SSSR count). The molecule has 0 unspecified atom stereocenters. The molecule has 3 aliphatic rings. The maximum atomic E-state index is 13.6. The van der Waals surface area contributed by atoms with E-state index in [0.29, 0.717) is 28.1 Å². The molecule has 5 nitrogen and oxygen atoms in total. The van der Waals surface area contributed by atoms with Crippen molar-refractivity contribution in [1.82, 2.24) is 5.32 Å². The minimum Gasteiger partial charge on any atom is -0.453 e. The van der Waals surface area contributed by atoms with Gasteiger partial charge in [0.25, 0.3) is 0 Å². The van der Waals surface area contributed by atoms with Gasteiger partial charge in [0.15, 0.2) is 5.78 Å². The molecule has 124 valence electrons. The zero-order valence-corrected chi connectivity index (χ0v) is 14.3. The molecule has 1 aromatic rings. The number of carbonyl (C=O) groups excluding carboxylic acids is 2. The number of nitrogens with one attached hydrogen (secondary N) is 1. The quantitative estimate of drug-likeness (QED) is 0.741. The smallest absolute Gasteiger partial charge is 0.337 e. The lowest BCUT2D eigenvalue weighted by Crippen LogP contribution is -2.37. The van der Waals surface area contributed by atoms with E-state index in [1.54, 1.807) is 19.1 Å². The van der Waals surface area contributed by atoms with E-state index in [0.717, 1.165) is 0 Å². The lowest BCUT2D eigenvalue weighted by atomic mass is 9.78. The van der Waals surface area contributed by atoms with Gasteiger partial charge in [0.1, 0.15) is 18.5 Å². The third-order valence-corrected chi connectivity index (χ3v) is 5.05. The molecule has 7 heteroatoms. The van der Waals surface area contributed by atoms with Crippen molar-refractivity contribution < 1.29 is 23.5 Å². The third-order valence-electron chi connectivity index (χ3n) is 4.45. The molecular weight excluding hydrogens is 381 g/mol. The van der Waals surface area contributed by atoms with Gasteiger partial charge >= 0.3 is 5.97 Å². The Kier molecular flexibility index (Phi) is 3.58. The van der Waals surface area contributed by atoms with Crippen molar-refractivity contribution >= 4 is 27.7 Å². The highest BCUT2D eigenvalue weighted by Gasteiger charge is 2.45. The number of dihydropyridines is 1. The normalized spacial score (nSPS) is 26.1. The Bertz CT molecular complexity index is 843. The van der Waals surface area contributed by atoms with E-state index >= 15 is 0 Å². The second kappa shape index (κ2) is 5.53. The van der Waals surface area contributed by atoms with Gasteiger partial charge < -0.3 is 14.8 Å². The zero-order valence-electron chi connectivity index (χ0n) is 12.7. The molecule has 0 fully saturated rings. The maximum Gasteiger partial charge on any atom is 0.337 e. The Balaban J connectivity index is 1.93. The standard InChI is InChI=1S/C17H13BrFNO4/c1-7-16-15(17(22)24-7)13(8-2-3-10(19)9(18)4-8)14-11(20-16)5-23-6-12(14)21/h2-4,7,13,20H,5-6H2,1H3/t7-,13+/m0/s1. The fourth-order valence-electron chi connectivity index (χ4n) is 3.39. The minimum absolute atomic E-state index is 0.0351. The molecule has 3 aliphatic heterocycles. The van der Waals surface area contributed by atoms with Gasteiger partial charge in [-0.25, -0.2) is 9.18 Å². The Hall–Kier alpha value is -1.99. The third kappa shape index (κ3) is 2.22. The first-order chi connectivity index (χ1) is 11.5. The fourth-order valence-corrected chi connectivity index (χ4v) is 3.79. The second-order valence-corrected chi connectivity index (χ2v) is 6.77. The van der Waals surface area contributed by atoms with Crippen molar-refractivity contribution in [3.63, 3.8) is 0 Å². The van der Waals surface area contributed by atoms with Crippen molar-refractivity contribution in [1.29, 1.82) is 0 Å². The summed E-state index contributed by atoms with van der Waals surface area (Å²) in [7, 11) is 0. The van der Waals surface area contributed by atoms with Crippen LogP contribution in [-0.4, -0.2) is 31.1 Å². The van der Waals surface area contributed by atoms with E-state index in [4.69, 9.17) is 9.47 Å². The SMILES string of the molecule is C[C@@H]1OC(=O)C2=C1NC1=C(C(=O)COC1)[C@H]2c1ccc(F)c(Br)c1. The molecular formula is C17H13BrFNO4.